The standard InChI is InChI=1S/C3H3O.Au.In.Sn/c1-2-3-4;;;/h2H,1H2;;;. The van der Waals surface area contributed by atoms with Crippen molar-refractivity contribution in [1.82, 2.24) is 0 Å². The molecule has 0 aromatic rings. The molecule has 0 heterocycles. The molecule has 0 aliphatic rings. The van der Waals surface area contributed by atoms with Crippen molar-refractivity contribution in [3.05, 3.63) is 12.7 Å². The van der Waals surface area contributed by atoms with Crippen molar-refractivity contribution in [3.8, 4) is 0 Å². The minimum Gasteiger partial charge on any atom is 0 e. The van der Waals surface area contributed by atoms with Crippen LogP contribution in [0, 0.1) is 0 Å². The predicted molar refractivity (Wildman–Crippen MR) is 26.7 cm³/mol. The van der Waals surface area contributed by atoms with E-state index in [1.165, 1.54) is 6.08 Å². The average molecular weight is 486 g/mol. The third kappa shape index (κ3) is 18.2. The fourth-order valence-electron chi connectivity index (χ4n) is 0. The first-order chi connectivity index (χ1) is 2.27. The van der Waals surface area contributed by atoms with Crippen molar-refractivity contribution >= 4 is 53.8 Å². The van der Waals surface area contributed by atoms with Crippen molar-refractivity contribution in [2.75, 3.05) is 0 Å². The molecule has 0 spiro atoms. The Bertz CT molecular complexity index is 66.0. The first-order valence-electron chi connectivity index (χ1n) is 1.05. The summed E-state index contributed by atoms with van der Waals surface area (Å²) >= 11 is 1.81. The average Bonchev–Trinajstić information content (AvgIpc) is 1.38. The predicted octanol–water partition coefficient (Wildman–Crippen LogP) is -0.516. The van der Waals surface area contributed by atoms with Crippen molar-refractivity contribution in [2.24, 2.45) is 0 Å². The van der Waals surface area contributed by atoms with E-state index in [0.29, 0.717) is 0 Å². The van der Waals surface area contributed by atoms with Gasteiger partial charge < -0.3 is 0 Å². The summed E-state index contributed by atoms with van der Waals surface area (Å²) in [4.78, 5) is 9.67. The molecule has 0 amide bonds. The van der Waals surface area contributed by atoms with Gasteiger partial charge in [-0.25, -0.2) is 0 Å². The Morgan fingerprint density at radius 2 is 1.86 bits per heavy atom. The van der Waals surface area contributed by atoms with Crippen LogP contribution in [-0.2, 0) is 25.9 Å². The molecule has 0 aromatic carbocycles. The second kappa shape index (κ2) is 10.7. The summed E-state index contributed by atoms with van der Waals surface area (Å²) in [6, 6.07) is 0. The normalized spacial score (nSPS) is 4.86. The van der Waals surface area contributed by atoms with Crippen LogP contribution in [0.25, 0.3) is 0 Å². The molecule has 0 unspecified atom stereocenters. The van der Waals surface area contributed by atoms with Gasteiger partial charge in [0.1, 0.15) is 0 Å². The maximum atomic E-state index is 9.67. The number of carbonyl (C=O) groups excluding carboxylic acids is 1. The minimum atomic E-state index is -0.0370. The number of carbonyl (C=O) groups is 1. The van der Waals surface area contributed by atoms with Gasteiger partial charge in [-0.3, -0.25) is 0 Å². The van der Waals surface area contributed by atoms with E-state index in [4.69, 9.17) is 0 Å². The SMILES string of the molecule is C=C[C](=O)[Au].[In].[Sn]. The van der Waals surface area contributed by atoms with Crippen LogP contribution in [0.15, 0.2) is 12.7 Å². The molecular formula is C3H3AuInOSn. The molecule has 4 heteroatoms. The summed E-state index contributed by atoms with van der Waals surface area (Å²) < 4.78 is -0.0370. The fraction of sp³-hybridized carbons (Fsp3) is 0. The summed E-state index contributed by atoms with van der Waals surface area (Å²) in [5.41, 5.74) is 0. The minimum absolute atomic E-state index is 0. The van der Waals surface area contributed by atoms with Crippen LogP contribution < -0.4 is 0 Å². The number of allylic oxidation sites excluding steroid dienone is 1. The van der Waals surface area contributed by atoms with Gasteiger partial charge in [-0.15, -0.1) is 0 Å². The molecular weight excluding hydrogens is 483 g/mol. The van der Waals surface area contributed by atoms with E-state index in [1.54, 1.807) is 21.1 Å². The van der Waals surface area contributed by atoms with E-state index < -0.39 is 0 Å². The molecule has 0 aromatic heterocycles. The van der Waals surface area contributed by atoms with Crippen molar-refractivity contribution in [1.29, 1.82) is 0 Å². The molecule has 0 bridgehead atoms. The zero-order valence-corrected chi connectivity index (χ0v) is 11.9. The molecule has 0 atom stereocenters. The summed E-state index contributed by atoms with van der Waals surface area (Å²) in [5, 5.41) is 0. The summed E-state index contributed by atoms with van der Waals surface area (Å²) in [6.07, 6.45) is 1.25. The largest absolute Gasteiger partial charge is 0 e. The molecule has 0 rings (SSSR count). The van der Waals surface area contributed by atoms with Gasteiger partial charge in [0.25, 0.3) is 0 Å². The number of hydrogen-bond acceptors (Lipinski definition) is 1. The number of hydrogen-bond donors (Lipinski definition) is 0. The van der Waals surface area contributed by atoms with E-state index in [2.05, 4.69) is 6.58 Å². The van der Waals surface area contributed by atoms with Gasteiger partial charge in [0.15, 0.2) is 0 Å². The van der Waals surface area contributed by atoms with E-state index >= 15 is 0 Å². The van der Waals surface area contributed by atoms with Crippen molar-refractivity contribution < 1.29 is 25.9 Å². The molecule has 1 nitrogen and oxygen atoms in total. The molecule has 0 saturated carbocycles. The second-order valence-corrected chi connectivity index (χ2v) is 1.54. The van der Waals surface area contributed by atoms with Crippen LogP contribution in [-0.4, -0.2) is 53.8 Å². The van der Waals surface area contributed by atoms with Gasteiger partial charge in [0.05, 0.1) is 0 Å². The first kappa shape index (κ1) is 15.9. The quantitative estimate of drug-likeness (QED) is 0.361. The summed E-state index contributed by atoms with van der Waals surface area (Å²) in [5.74, 6) is 0. The second-order valence-electron chi connectivity index (χ2n) is 0.471. The zero-order valence-electron chi connectivity index (χ0n) is 3.57. The van der Waals surface area contributed by atoms with Crippen LogP contribution in [0.1, 0.15) is 0 Å². The van der Waals surface area contributed by atoms with E-state index in [9.17, 15) is 4.79 Å². The third-order valence-electron chi connectivity index (χ3n) is 0.145. The van der Waals surface area contributed by atoms with Gasteiger partial charge in [-0.1, -0.05) is 0 Å². The first-order valence-corrected chi connectivity index (χ1v) is 2.14. The van der Waals surface area contributed by atoms with Gasteiger partial charge in [0.2, 0.25) is 0 Å². The number of rotatable bonds is 1. The van der Waals surface area contributed by atoms with Crippen LogP contribution >= 0.6 is 0 Å². The fourth-order valence-corrected chi connectivity index (χ4v) is 0. The Morgan fingerprint density at radius 3 is 1.86 bits per heavy atom. The summed E-state index contributed by atoms with van der Waals surface area (Å²) in [7, 11) is 0. The third-order valence-corrected chi connectivity index (χ3v) is 0.587. The van der Waals surface area contributed by atoms with Gasteiger partial charge in [-0.05, 0) is 0 Å². The van der Waals surface area contributed by atoms with E-state index in [0.717, 1.165) is 0 Å². The molecule has 0 saturated heterocycles. The summed E-state index contributed by atoms with van der Waals surface area (Å²) in [6.45, 7) is 3.20. The van der Waals surface area contributed by atoms with Gasteiger partial charge in [0, 0.05) is 49.8 Å². The Kier molecular flexibility index (Phi) is 24.4. The van der Waals surface area contributed by atoms with Crippen LogP contribution in [0.3, 0.4) is 0 Å². The Hall–Kier alpha value is 1.82. The van der Waals surface area contributed by atoms with E-state index in [-0.39, 0.29) is 53.8 Å². The molecule has 7 heavy (non-hydrogen) atoms. The Morgan fingerprint density at radius 1 is 1.71 bits per heavy atom. The molecule has 39 valence electrons. The van der Waals surface area contributed by atoms with Crippen LogP contribution in [0.5, 0.6) is 0 Å². The van der Waals surface area contributed by atoms with Crippen LogP contribution in [0.4, 0.5) is 0 Å². The zero-order chi connectivity index (χ0) is 4.28. The maximum absolute atomic E-state index is 9.67. The molecule has 0 N–H and O–H groups in total. The Balaban J connectivity index is -0.0000000800. The molecule has 0 aliphatic heterocycles. The van der Waals surface area contributed by atoms with Crippen molar-refractivity contribution in [2.45, 2.75) is 0 Å². The molecule has 0 fully saturated rings. The smallest absolute Gasteiger partial charge is 0 e. The van der Waals surface area contributed by atoms with E-state index in [1.807, 2.05) is 0 Å². The van der Waals surface area contributed by atoms with Gasteiger partial charge in [-0.2, -0.15) is 0 Å². The maximum Gasteiger partial charge on any atom is 0 e. The van der Waals surface area contributed by atoms with Crippen molar-refractivity contribution in [3.63, 3.8) is 0 Å². The topological polar surface area (TPSA) is 17.1 Å². The molecule has 7 radical (unpaired) electrons. The van der Waals surface area contributed by atoms with Crippen LogP contribution in [0.2, 0.25) is 0 Å². The monoisotopic (exact) mass is 487 g/mol. The molecule has 0 aliphatic carbocycles. The van der Waals surface area contributed by atoms with Gasteiger partial charge >= 0.3 is 42.5 Å². The Labute approximate surface area is 91.0 Å².